The third-order valence-electron chi connectivity index (χ3n) is 9.08. The van der Waals surface area contributed by atoms with Crippen molar-refractivity contribution < 1.29 is 0 Å². The lowest BCUT2D eigenvalue weighted by atomic mass is 9.42. The number of benzene rings is 1. The molecule has 1 unspecified atom stereocenters. The zero-order chi connectivity index (χ0) is 19.9. The summed E-state index contributed by atoms with van der Waals surface area (Å²) in [7, 11) is 0. The first kappa shape index (κ1) is 18.5. The Balaban J connectivity index is 2.00. The van der Waals surface area contributed by atoms with Gasteiger partial charge in [0, 0.05) is 5.41 Å². The second-order valence-electron chi connectivity index (χ2n) is 9.78. The Kier molecular flexibility index (Phi) is 3.84. The molecular weight excluding hydrogens is 324 g/mol. The van der Waals surface area contributed by atoms with Gasteiger partial charge in [-0.3, -0.25) is 0 Å². The smallest absolute Gasteiger partial charge is 0.0193 e. The molecule has 0 amide bonds. The molecule has 0 heterocycles. The van der Waals surface area contributed by atoms with E-state index in [1.54, 1.807) is 0 Å². The lowest BCUT2D eigenvalue weighted by Gasteiger charge is -2.61. The van der Waals surface area contributed by atoms with Crippen molar-refractivity contribution in [3.8, 4) is 0 Å². The fraction of sp³-hybridized carbons (Fsp3) is 0.481. The lowest BCUT2D eigenvalue weighted by Crippen LogP contribution is -2.52. The SMILES string of the molecule is C=C1C2=C(C)[C@]3(C)C(=C)C(C)=C(C)[C@@H](C)[C@]3(C)CC2Cc2cccc(C)c21. The van der Waals surface area contributed by atoms with Gasteiger partial charge < -0.3 is 0 Å². The molecule has 0 bridgehead atoms. The molecule has 0 N–H and O–H groups in total. The van der Waals surface area contributed by atoms with Crippen LogP contribution in [0.1, 0.15) is 64.7 Å². The van der Waals surface area contributed by atoms with E-state index in [-0.39, 0.29) is 10.8 Å². The van der Waals surface area contributed by atoms with Crippen LogP contribution in [0.15, 0.2) is 59.2 Å². The highest BCUT2D eigenvalue weighted by Gasteiger charge is 2.58. The molecule has 1 aromatic carbocycles. The van der Waals surface area contributed by atoms with E-state index in [4.69, 9.17) is 0 Å². The molecule has 142 valence electrons. The quantitative estimate of drug-likeness (QED) is 0.451. The molecule has 0 saturated heterocycles. The Bertz CT molecular complexity index is 950. The summed E-state index contributed by atoms with van der Waals surface area (Å²) in [5.41, 5.74) is 13.0. The second-order valence-corrected chi connectivity index (χ2v) is 9.78. The number of fused-ring (bicyclic) bond motifs is 3. The summed E-state index contributed by atoms with van der Waals surface area (Å²) in [5.74, 6) is 1.14. The molecule has 0 aromatic heterocycles. The van der Waals surface area contributed by atoms with Gasteiger partial charge in [-0.25, -0.2) is 0 Å². The van der Waals surface area contributed by atoms with E-state index in [0.29, 0.717) is 11.8 Å². The fourth-order valence-corrected chi connectivity index (χ4v) is 6.80. The van der Waals surface area contributed by atoms with Gasteiger partial charge in [0.15, 0.2) is 0 Å². The Hall–Kier alpha value is -1.82. The van der Waals surface area contributed by atoms with E-state index in [2.05, 4.69) is 79.8 Å². The first-order valence-corrected chi connectivity index (χ1v) is 10.4. The first-order valence-electron chi connectivity index (χ1n) is 10.4. The third kappa shape index (κ3) is 2.05. The van der Waals surface area contributed by atoms with Crippen molar-refractivity contribution in [1.82, 2.24) is 0 Å². The van der Waals surface area contributed by atoms with E-state index in [0.717, 1.165) is 6.42 Å². The third-order valence-corrected chi connectivity index (χ3v) is 9.08. The summed E-state index contributed by atoms with van der Waals surface area (Å²) in [6.45, 7) is 25.9. The van der Waals surface area contributed by atoms with Crippen molar-refractivity contribution in [2.45, 2.75) is 61.3 Å². The Morgan fingerprint density at radius 1 is 1.04 bits per heavy atom. The molecule has 0 aliphatic heterocycles. The summed E-state index contributed by atoms with van der Waals surface area (Å²) >= 11 is 0. The Morgan fingerprint density at radius 2 is 1.70 bits per heavy atom. The van der Waals surface area contributed by atoms with Gasteiger partial charge in [-0.1, -0.05) is 63.3 Å². The summed E-state index contributed by atoms with van der Waals surface area (Å²) in [4.78, 5) is 0. The van der Waals surface area contributed by atoms with Crippen LogP contribution in [0.5, 0.6) is 0 Å². The van der Waals surface area contributed by atoms with Gasteiger partial charge in [0.05, 0.1) is 0 Å². The van der Waals surface area contributed by atoms with Crippen LogP contribution in [0, 0.1) is 29.6 Å². The van der Waals surface area contributed by atoms with E-state index < -0.39 is 0 Å². The van der Waals surface area contributed by atoms with Gasteiger partial charge in [0.2, 0.25) is 0 Å². The van der Waals surface area contributed by atoms with Crippen molar-refractivity contribution in [2.75, 3.05) is 0 Å². The maximum atomic E-state index is 4.63. The van der Waals surface area contributed by atoms with Crippen molar-refractivity contribution in [1.29, 1.82) is 0 Å². The van der Waals surface area contributed by atoms with Crippen molar-refractivity contribution >= 4 is 5.57 Å². The van der Waals surface area contributed by atoms with Crippen LogP contribution in [0.3, 0.4) is 0 Å². The minimum atomic E-state index is 0.00493. The van der Waals surface area contributed by atoms with Crippen LogP contribution in [-0.2, 0) is 6.42 Å². The predicted molar refractivity (Wildman–Crippen MR) is 118 cm³/mol. The number of hydrogen-bond donors (Lipinski definition) is 0. The monoisotopic (exact) mass is 358 g/mol. The van der Waals surface area contributed by atoms with E-state index in [9.17, 15) is 0 Å². The van der Waals surface area contributed by atoms with Gasteiger partial charge in [0.25, 0.3) is 0 Å². The maximum Gasteiger partial charge on any atom is 0.0193 e. The predicted octanol–water partition coefficient (Wildman–Crippen LogP) is 7.46. The molecule has 4 atom stereocenters. The molecule has 27 heavy (non-hydrogen) atoms. The number of rotatable bonds is 0. The second kappa shape index (κ2) is 5.60. The molecule has 0 fully saturated rings. The highest BCUT2D eigenvalue weighted by molar-refractivity contribution is 5.85. The van der Waals surface area contributed by atoms with Crippen LogP contribution < -0.4 is 0 Å². The highest BCUT2D eigenvalue weighted by Crippen LogP contribution is 2.68. The van der Waals surface area contributed by atoms with Crippen molar-refractivity contribution in [2.24, 2.45) is 22.7 Å². The summed E-state index contributed by atoms with van der Waals surface area (Å²) in [6.07, 6.45) is 2.36. The number of allylic oxidation sites excluding steroid dienone is 6. The van der Waals surface area contributed by atoms with Gasteiger partial charge in [-0.2, -0.15) is 0 Å². The average Bonchev–Trinajstić information content (AvgIpc) is 2.62. The largest absolute Gasteiger partial charge is 0.0947 e. The van der Waals surface area contributed by atoms with E-state index in [1.807, 2.05) is 0 Å². The zero-order valence-corrected chi connectivity index (χ0v) is 18.2. The molecule has 0 nitrogen and oxygen atoms in total. The van der Waals surface area contributed by atoms with Crippen molar-refractivity contribution in [3.63, 3.8) is 0 Å². The molecule has 0 spiro atoms. The Morgan fingerprint density at radius 3 is 2.37 bits per heavy atom. The molecule has 0 saturated carbocycles. The van der Waals surface area contributed by atoms with E-state index >= 15 is 0 Å². The van der Waals surface area contributed by atoms with Gasteiger partial charge in [-0.05, 0) is 96.8 Å². The molecule has 0 radical (unpaired) electrons. The molecule has 0 heteroatoms. The highest BCUT2D eigenvalue weighted by atomic mass is 14.6. The summed E-state index contributed by atoms with van der Waals surface area (Å²) in [6, 6.07) is 6.75. The lowest BCUT2D eigenvalue weighted by molar-refractivity contribution is 0.0408. The van der Waals surface area contributed by atoms with Gasteiger partial charge in [0.1, 0.15) is 0 Å². The molecular formula is C27H34. The maximum absolute atomic E-state index is 4.63. The summed E-state index contributed by atoms with van der Waals surface area (Å²) in [5, 5.41) is 0. The molecule has 1 aromatic rings. The standard InChI is InChI=1S/C27H34/c1-15-11-10-12-22-13-23-14-26(8)19(5)16(2)17(3)20(6)27(26,9)21(7)25(23)18(4)24(15)22/h10-12,19,23H,4,6,13-14H2,1-3,5,7-9H3/t19-,23?,26+,27+/m1/s1. The zero-order valence-electron chi connectivity index (χ0n) is 18.2. The number of aryl methyl sites for hydroxylation is 1. The normalized spacial score (nSPS) is 35.8. The average molecular weight is 359 g/mol. The minimum absolute atomic E-state index is 0.00493. The fourth-order valence-electron chi connectivity index (χ4n) is 6.80. The van der Waals surface area contributed by atoms with Crippen molar-refractivity contribution in [3.05, 3.63) is 75.9 Å². The van der Waals surface area contributed by atoms with Gasteiger partial charge >= 0.3 is 0 Å². The van der Waals surface area contributed by atoms with Crippen LogP contribution in [-0.4, -0.2) is 0 Å². The Labute approximate surface area is 165 Å². The number of hydrogen-bond acceptors (Lipinski definition) is 0. The molecule has 4 rings (SSSR count). The molecule has 3 aliphatic carbocycles. The minimum Gasteiger partial charge on any atom is -0.0947 e. The van der Waals surface area contributed by atoms with Gasteiger partial charge in [-0.15, -0.1) is 0 Å². The van der Waals surface area contributed by atoms with Crippen LogP contribution in [0.2, 0.25) is 0 Å². The van der Waals surface area contributed by atoms with Crippen LogP contribution >= 0.6 is 0 Å². The molecule has 3 aliphatic rings. The first-order chi connectivity index (χ1) is 12.6. The van der Waals surface area contributed by atoms with E-state index in [1.165, 1.54) is 56.5 Å². The van der Waals surface area contributed by atoms with Crippen LogP contribution in [0.4, 0.5) is 0 Å². The summed E-state index contributed by atoms with van der Waals surface area (Å²) < 4.78 is 0. The van der Waals surface area contributed by atoms with Crippen LogP contribution in [0.25, 0.3) is 5.57 Å². The topological polar surface area (TPSA) is 0 Å².